The summed E-state index contributed by atoms with van der Waals surface area (Å²) in [5, 5.41) is 10.2. The molecule has 0 aromatic carbocycles. The zero-order valence-electron chi connectivity index (χ0n) is 11.5. The van der Waals surface area contributed by atoms with Gasteiger partial charge in [-0.05, 0) is 38.2 Å². The number of hydrogen-bond donors (Lipinski definition) is 0. The van der Waals surface area contributed by atoms with Gasteiger partial charge in [-0.15, -0.1) is 11.3 Å². The number of rotatable bonds is 2. The first kappa shape index (κ1) is 13.7. The van der Waals surface area contributed by atoms with E-state index in [1.165, 1.54) is 28.6 Å². The van der Waals surface area contributed by atoms with Crippen molar-refractivity contribution >= 4 is 33.3 Å². The fourth-order valence-electron chi connectivity index (χ4n) is 2.56. The lowest BCUT2D eigenvalue weighted by molar-refractivity contribution is 0.695. The SMILES string of the molecule is C[C@H](C#N)Sc1nc2sc3c(c2c(=O)n1C)CCCC3. The molecule has 0 spiro atoms. The number of nitriles is 1. The third-order valence-corrected chi connectivity index (χ3v) is 5.84. The largest absolute Gasteiger partial charge is 0.290 e. The van der Waals surface area contributed by atoms with Gasteiger partial charge in [-0.2, -0.15) is 5.26 Å². The molecule has 4 nitrogen and oxygen atoms in total. The average molecular weight is 305 g/mol. The van der Waals surface area contributed by atoms with Crippen LogP contribution in [0.3, 0.4) is 0 Å². The summed E-state index contributed by atoms with van der Waals surface area (Å²) >= 11 is 2.99. The van der Waals surface area contributed by atoms with Gasteiger partial charge in [-0.3, -0.25) is 9.36 Å². The fraction of sp³-hybridized carbons (Fsp3) is 0.500. The summed E-state index contributed by atoms with van der Waals surface area (Å²) in [4.78, 5) is 19.4. The minimum absolute atomic E-state index is 0.0297. The smallest absolute Gasteiger partial charge is 0.262 e. The van der Waals surface area contributed by atoms with Crippen molar-refractivity contribution in [1.29, 1.82) is 5.26 Å². The van der Waals surface area contributed by atoms with Crippen LogP contribution >= 0.6 is 23.1 Å². The van der Waals surface area contributed by atoms with Crippen LogP contribution in [-0.4, -0.2) is 14.8 Å². The molecule has 1 aliphatic carbocycles. The summed E-state index contributed by atoms with van der Waals surface area (Å²) < 4.78 is 1.59. The summed E-state index contributed by atoms with van der Waals surface area (Å²) in [6, 6.07) is 2.17. The van der Waals surface area contributed by atoms with Gasteiger partial charge in [0.1, 0.15) is 4.83 Å². The van der Waals surface area contributed by atoms with Gasteiger partial charge in [-0.1, -0.05) is 11.8 Å². The molecule has 1 aliphatic rings. The molecule has 2 aromatic rings. The fourth-order valence-corrected chi connectivity index (χ4v) is 4.62. The molecule has 2 aromatic heterocycles. The van der Waals surface area contributed by atoms with E-state index in [-0.39, 0.29) is 10.8 Å². The van der Waals surface area contributed by atoms with E-state index in [1.807, 2.05) is 6.92 Å². The minimum Gasteiger partial charge on any atom is -0.290 e. The van der Waals surface area contributed by atoms with E-state index in [9.17, 15) is 4.79 Å². The highest BCUT2D eigenvalue weighted by atomic mass is 32.2. The standard InChI is InChI=1S/C14H15N3OS2/c1-8(7-15)19-14-16-12-11(13(18)17(14)2)9-5-3-4-6-10(9)20-12/h8H,3-6H2,1-2H3/t8-/m1/s1. The molecular formula is C14H15N3OS2. The van der Waals surface area contributed by atoms with Crippen molar-refractivity contribution in [3.05, 3.63) is 20.8 Å². The normalized spacial score (nSPS) is 15.8. The first-order valence-electron chi connectivity index (χ1n) is 6.69. The molecule has 0 aliphatic heterocycles. The summed E-state index contributed by atoms with van der Waals surface area (Å²) in [5.41, 5.74) is 1.25. The second-order valence-electron chi connectivity index (χ2n) is 5.04. The molecule has 2 heterocycles. The Labute approximate surface area is 125 Å². The van der Waals surface area contributed by atoms with Gasteiger partial charge in [0.15, 0.2) is 5.16 Å². The van der Waals surface area contributed by atoms with Crippen LogP contribution in [0, 0.1) is 11.3 Å². The van der Waals surface area contributed by atoms with E-state index < -0.39 is 0 Å². The highest BCUT2D eigenvalue weighted by molar-refractivity contribution is 8.00. The molecule has 0 fully saturated rings. The van der Waals surface area contributed by atoms with Crippen LogP contribution in [0.1, 0.15) is 30.2 Å². The van der Waals surface area contributed by atoms with Crippen LogP contribution in [0.15, 0.2) is 9.95 Å². The number of thiophene rings is 1. The van der Waals surface area contributed by atoms with Crippen molar-refractivity contribution in [1.82, 2.24) is 9.55 Å². The van der Waals surface area contributed by atoms with Crippen molar-refractivity contribution < 1.29 is 0 Å². The lowest BCUT2D eigenvalue weighted by Crippen LogP contribution is -2.21. The molecule has 104 valence electrons. The van der Waals surface area contributed by atoms with Gasteiger partial charge in [-0.25, -0.2) is 4.98 Å². The second kappa shape index (κ2) is 5.23. The molecule has 0 saturated carbocycles. The van der Waals surface area contributed by atoms with E-state index in [4.69, 9.17) is 5.26 Å². The third-order valence-electron chi connectivity index (χ3n) is 3.62. The summed E-state index contributed by atoms with van der Waals surface area (Å²) in [6.45, 7) is 1.82. The van der Waals surface area contributed by atoms with Crippen LogP contribution in [0.4, 0.5) is 0 Å². The number of hydrogen-bond acceptors (Lipinski definition) is 5. The van der Waals surface area contributed by atoms with Gasteiger partial charge in [0.2, 0.25) is 0 Å². The number of fused-ring (bicyclic) bond motifs is 3. The van der Waals surface area contributed by atoms with Crippen molar-refractivity contribution in [2.75, 3.05) is 0 Å². The van der Waals surface area contributed by atoms with Gasteiger partial charge < -0.3 is 0 Å². The topological polar surface area (TPSA) is 58.7 Å². The third kappa shape index (κ3) is 2.15. The lowest BCUT2D eigenvalue weighted by atomic mass is 9.97. The number of nitrogens with zero attached hydrogens (tertiary/aromatic N) is 3. The van der Waals surface area contributed by atoms with Crippen LogP contribution in [0.5, 0.6) is 0 Å². The van der Waals surface area contributed by atoms with Crippen LogP contribution < -0.4 is 5.56 Å². The van der Waals surface area contributed by atoms with Crippen molar-refractivity contribution in [3.63, 3.8) is 0 Å². The van der Waals surface area contributed by atoms with Crippen molar-refractivity contribution in [2.45, 2.75) is 43.0 Å². The van der Waals surface area contributed by atoms with E-state index in [2.05, 4.69) is 11.1 Å². The molecule has 1 atom stereocenters. The molecule has 0 radical (unpaired) electrons. The second-order valence-corrected chi connectivity index (χ2v) is 7.43. The summed E-state index contributed by atoms with van der Waals surface area (Å²) in [7, 11) is 1.74. The zero-order chi connectivity index (χ0) is 14.3. The predicted octanol–water partition coefficient (Wildman–Crippen LogP) is 2.88. The van der Waals surface area contributed by atoms with E-state index in [0.29, 0.717) is 5.16 Å². The summed E-state index contributed by atoms with van der Waals surface area (Å²) in [5.74, 6) is 0. The minimum atomic E-state index is -0.208. The maximum atomic E-state index is 12.6. The molecule has 20 heavy (non-hydrogen) atoms. The maximum Gasteiger partial charge on any atom is 0.262 e. The first-order valence-corrected chi connectivity index (χ1v) is 8.39. The Hall–Kier alpha value is -1.32. The van der Waals surface area contributed by atoms with Gasteiger partial charge >= 0.3 is 0 Å². The molecule has 0 bridgehead atoms. The average Bonchev–Trinajstić information content (AvgIpc) is 2.82. The molecule has 3 rings (SSSR count). The molecular weight excluding hydrogens is 290 g/mol. The molecule has 0 N–H and O–H groups in total. The molecule has 0 amide bonds. The maximum absolute atomic E-state index is 12.6. The summed E-state index contributed by atoms with van der Waals surface area (Å²) in [6.07, 6.45) is 4.42. The first-order chi connectivity index (χ1) is 9.61. The van der Waals surface area contributed by atoms with Crippen LogP contribution in [0.2, 0.25) is 0 Å². The van der Waals surface area contributed by atoms with Crippen LogP contribution in [0.25, 0.3) is 10.2 Å². The van der Waals surface area contributed by atoms with Gasteiger partial charge in [0.05, 0.1) is 16.7 Å². The number of aromatic nitrogens is 2. The van der Waals surface area contributed by atoms with Crippen molar-refractivity contribution in [2.24, 2.45) is 7.05 Å². The van der Waals surface area contributed by atoms with E-state index >= 15 is 0 Å². The number of aryl methyl sites for hydroxylation is 2. The number of thioether (sulfide) groups is 1. The van der Waals surface area contributed by atoms with Gasteiger partial charge in [0.25, 0.3) is 5.56 Å². The highest BCUT2D eigenvalue weighted by Gasteiger charge is 2.21. The molecule has 0 unspecified atom stereocenters. The Kier molecular flexibility index (Phi) is 3.57. The Balaban J connectivity index is 2.20. The van der Waals surface area contributed by atoms with Gasteiger partial charge in [0, 0.05) is 11.9 Å². The molecule has 0 saturated heterocycles. The van der Waals surface area contributed by atoms with Crippen molar-refractivity contribution in [3.8, 4) is 6.07 Å². The molecule has 6 heteroatoms. The Morgan fingerprint density at radius 2 is 2.20 bits per heavy atom. The van der Waals surface area contributed by atoms with E-state index in [0.717, 1.165) is 29.5 Å². The van der Waals surface area contributed by atoms with E-state index in [1.54, 1.807) is 23.0 Å². The monoisotopic (exact) mass is 305 g/mol. The highest BCUT2D eigenvalue weighted by Crippen LogP contribution is 2.34. The quantitative estimate of drug-likeness (QED) is 0.632. The lowest BCUT2D eigenvalue weighted by Gasteiger charge is -2.11. The zero-order valence-corrected chi connectivity index (χ0v) is 13.1. The Bertz CT molecular complexity index is 769. The Morgan fingerprint density at radius 1 is 1.45 bits per heavy atom. The predicted molar refractivity (Wildman–Crippen MR) is 82.4 cm³/mol. The van der Waals surface area contributed by atoms with Crippen LogP contribution in [-0.2, 0) is 19.9 Å². The Morgan fingerprint density at radius 3 is 2.95 bits per heavy atom.